The van der Waals surface area contributed by atoms with Gasteiger partial charge in [-0.15, -0.1) is 6.42 Å². The highest BCUT2D eigenvalue weighted by Gasteiger charge is 2.27. The molecule has 28 heavy (non-hydrogen) atoms. The Bertz CT molecular complexity index is 668. The van der Waals surface area contributed by atoms with E-state index in [2.05, 4.69) is 43.7 Å². The number of aliphatic hydroxyl groups is 1. The van der Waals surface area contributed by atoms with E-state index in [0.29, 0.717) is 30.5 Å². The van der Waals surface area contributed by atoms with Crippen molar-refractivity contribution < 1.29 is 19.1 Å². The van der Waals surface area contributed by atoms with E-state index in [1.807, 2.05) is 0 Å². The minimum absolute atomic E-state index is 0.0463. The zero-order valence-electron chi connectivity index (χ0n) is 16.7. The highest BCUT2D eigenvalue weighted by atomic mass is 19.1. The lowest BCUT2D eigenvalue weighted by atomic mass is 9.92. The van der Waals surface area contributed by atoms with Gasteiger partial charge in [-0.2, -0.15) is 0 Å². The zero-order chi connectivity index (χ0) is 21.7. The summed E-state index contributed by atoms with van der Waals surface area (Å²) >= 11 is 0. The first-order valence-electron chi connectivity index (χ1n) is 8.87. The molecule has 1 saturated heterocycles. The summed E-state index contributed by atoms with van der Waals surface area (Å²) < 4.78 is 13.1. The smallest absolute Gasteiger partial charge is 0.223 e. The number of carbonyl (C=O) groups excluding carboxylic acids is 2. The van der Waals surface area contributed by atoms with E-state index in [4.69, 9.17) is 6.42 Å². The highest BCUT2D eigenvalue weighted by Crippen LogP contribution is 2.21. The van der Waals surface area contributed by atoms with Crippen LogP contribution in [-0.4, -0.2) is 41.5 Å². The normalized spacial score (nSPS) is 15.4. The quantitative estimate of drug-likeness (QED) is 0.261. The molecule has 7 nitrogen and oxygen atoms in total. The molecule has 1 unspecified atom stereocenters. The summed E-state index contributed by atoms with van der Waals surface area (Å²) in [5, 5.41) is 11.6. The molecule has 1 fully saturated rings. The largest absolute Gasteiger partial charge is 0.391 e. The van der Waals surface area contributed by atoms with E-state index >= 15 is 0 Å². The van der Waals surface area contributed by atoms with Crippen LogP contribution in [-0.2, 0) is 16.1 Å². The Hall–Kier alpha value is -2.47. The number of β-amino-alcohol motifs (C(OH)–C–C–N with tert-alkyl or cyclic N) is 1. The molecule has 1 aromatic rings. The summed E-state index contributed by atoms with van der Waals surface area (Å²) in [4.78, 5) is 23.3. The van der Waals surface area contributed by atoms with Crippen molar-refractivity contribution in [1.29, 1.82) is 0 Å². The van der Waals surface area contributed by atoms with E-state index in [1.165, 1.54) is 6.07 Å². The number of benzene rings is 1. The van der Waals surface area contributed by atoms with Crippen molar-refractivity contribution in [2.75, 3.05) is 13.1 Å². The second kappa shape index (κ2) is 12.8. The van der Waals surface area contributed by atoms with Crippen molar-refractivity contribution in [2.24, 2.45) is 17.1 Å². The fraction of sp³-hybridized carbons (Fsp3) is 0.500. The van der Waals surface area contributed by atoms with Gasteiger partial charge in [-0.3, -0.25) is 21.3 Å². The molecule has 2 amide bonds. The minimum Gasteiger partial charge on any atom is -0.391 e. The molecule has 1 aliphatic heterocycles. The van der Waals surface area contributed by atoms with Crippen molar-refractivity contribution in [1.82, 2.24) is 10.2 Å². The molecule has 0 aromatic heterocycles. The number of hydrogen-bond donors (Lipinski definition) is 4. The van der Waals surface area contributed by atoms with Gasteiger partial charge in [-0.05, 0) is 24.0 Å². The molecule has 0 saturated carbocycles. The maximum Gasteiger partial charge on any atom is 0.223 e. The first-order valence-corrected chi connectivity index (χ1v) is 8.87. The molecule has 0 spiro atoms. The van der Waals surface area contributed by atoms with Crippen LogP contribution in [0, 0.1) is 23.6 Å². The molecular weight excluding hydrogens is 363 g/mol. The van der Waals surface area contributed by atoms with Crippen molar-refractivity contribution >= 4 is 12.3 Å². The predicted octanol–water partition coefficient (Wildman–Crippen LogP) is 0.888. The van der Waals surface area contributed by atoms with Crippen LogP contribution in [0.2, 0.25) is 0 Å². The van der Waals surface area contributed by atoms with Crippen LogP contribution in [0.25, 0.3) is 0 Å². The van der Waals surface area contributed by atoms with Gasteiger partial charge in [-0.1, -0.05) is 32.8 Å². The summed E-state index contributed by atoms with van der Waals surface area (Å²) in [5.74, 6) is 10.1. The third-order valence-corrected chi connectivity index (χ3v) is 3.79. The van der Waals surface area contributed by atoms with Crippen molar-refractivity contribution in [2.45, 2.75) is 46.3 Å². The van der Waals surface area contributed by atoms with Gasteiger partial charge >= 0.3 is 0 Å². The molecule has 156 valence electrons. The van der Waals surface area contributed by atoms with Gasteiger partial charge in [0.1, 0.15) is 5.82 Å². The lowest BCUT2D eigenvalue weighted by molar-refractivity contribution is -0.132. The summed E-state index contributed by atoms with van der Waals surface area (Å²) in [6.07, 6.45) is 6.60. The number of hydrogen-bond acceptors (Lipinski definition) is 5. The molecule has 1 aromatic carbocycles. The van der Waals surface area contributed by atoms with Crippen LogP contribution in [0.3, 0.4) is 0 Å². The molecule has 1 aliphatic rings. The Morgan fingerprint density at radius 3 is 2.54 bits per heavy atom. The van der Waals surface area contributed by atoms with Gasteiger partial charge in [-0.25, -0.2) is 4.39 Å². The highest BCUT2D eigenvalue weighted by molar-refractivity contribution is 5.77. The van der Waals surface area contributed by atoms with Crippen molar-refractivity contribution in [3.63, 3.8) is 0 Å². The Kier molecular flexibility index (Phi) is 11.7. The maximum atomic E-state index is 13.1. The summed E-state index contributed by atoms with van der Waals surface area (Å²) in [5.41, 5.74) is 0.961. The van der Waals surface area contributed by atoms with E-state index < -0.39 is 5.82 Å². The number of amides is 2. The number of likely N-dealkylation sites (tertiary alicyclic amines) is 1. The van der Waals surface area contributed by atoms with E-state index in [1.54, 1.807) is 17.0 Å². The Morgan fingerprint density at radius 2 is 2.11 bits per heavy atom. The predicted molar refractivity (Wildman–Crippen MR) is 107 cm³/mol. The zero-order valence-corrected chi connectivity index (χ0v) is 16.7. The Morgan fingerprint density at radius 1 is 1.46 bits per heavy atom. The second-order valence-corrected chi connectivity index (χ2v) is 7.47. The number of nitrogens with zero attached hydrogens (tertiary/aromatic N) is 1. The summed E-state index contributed by atoms with van der Waals surface area (Å²) in [6.45, 7) is 7.58. The molecule has 8 heteroatoms. The molecule has 1 heterocycles. The number of halogens is 1. The van der Waals surface area contributed by atoms with Crippen LogP contribution >= 0.6 is 0 Å². The molecule has 0 aliphatic carbocycles. The number of rotatable bonds is 4. The molecule has 2 rings (SSSR count). The van der Waals surface area contributed by atoms with Crippen molar-refractivity contribution in [3.8, 4) is 12.3 Å². The fourth-order valence-electron chi connectivity index (χ4n) is 2.47. The Labute approximate surface area is 166 Å². The third-order valence-electron chi connectivity index (χ3n) is 3.79. The lowest BCUT2D eigenvalue weighted by Gasteiger charge is -2.22. The fourth-order valence-corrected chi connectivity index (χ4v) is 2.47. The average Bonchev–Trinajstić information content (AvgIpc) is 3.08. The van der Waals surface area contributed by atoms with Crippen LogP contribution in [0.1, 0.15) is 44.7 Å². The van der Waals surface area contributed by atoms with Gasteiger partial charge < -0.3 is 15.3 Å². The molecule has 1 atom stereocenters. The first-order chi connectivity index (χ1) is 13.2. The number of carbonyl (C=O) groups is 2. The number of aliphatic hydroxyl groups excluding tert-OH is 1. The van der Waals surface area contributed by atoms with Gasteiger partial charge in [0.05, 0.1) is 6.10 Å². The summed E-state index contributed by atoms with van der Waals surface area (Å²) in [6, 6.07) is 4.45. The van der Waals surface area contributed by atoms with E-state index in [-0.39, 0.29) is 24.0 Å². The average molecular weight is 394 g/mol. The second-order valence-electron chi connectivity index (χ2n) is 7.47. The number of nitrogens with two attached hydrogens (primary N) is 2. The maximum absolute atomic E-state index is 13.1. The van der Waals surface area contributed by atoms with E-state index in [9.17, 15) is 19.1 Å². The van der Waals surface area contributed by atoms with Crippen LogP contribution in [0.5, 0.6) is 0 Å². The van der Waals surface area contributed by atoms with E-state index in [0.717, 1.165) is 13.0 Å². The van der Waals surface area contributed by atoms with Crippen LogP contribution < -0.4 is 17.0 Å². The van der Waals surface area contributed by atoms with Crippen LogP contribution in [0.4, 0.5) is 4.39 Å². The SMILES string of the molecule is C#Cc1ccc(CNC=O)c(F)c1.CC(C)(C)CC(=O)N1CCC(O)C1.NN. The van der Waals surface area contributed by atoms with Gasteiger partial charge in [0.25, 0.3) is 0 Å². The Balaban J connectivity index is 0.000000478. The van der Waals surface area contributed by atoms with Gasteiger partial charge in [0, 0.05) is 37.2 Å². The number of terminal acetylenes is 1. The monoisotopic (exact) mass is 394 g/mol. The molecular formula is C20H31FN4O3. The number of nitrogens with one attached hydrogen (secondary N) is 1. The first kappa shape index (κ1) is 25.5. The minimum atomic E-state index is -0.398. The molecule has 6 N–H and O–H groups in total. The number of hydrazine groups is 1. The standard InChI is InChI=1S/C10H8FNO.C10H19NO2.H4N2/c1-2-8-3-4-9(6-12-7-13)10(11)5-8;1-10(2,3)6-9(13)11-5-4-8(12)7-11;1-2/h1,3-5,7H,6H2,(H,12,13);8,12H,4-7H2,1-3H3;1-2H2. The van der Waals surface area contributed by atoms with Crippen molar-refractivity contribution in [3.05, 3.63) is 35.1 Å². The van der Waals surface area contributed by atoms with Crippen LogP contribution in [0.15, 0.2) is 18.2 Å². The lowest BCUT2D eigenvalue weighted by Crippen LogP contribution is -2.32. The van der Waals surface area contributed by atoms with Gasteiger partial charge in [0.2, 0.25) is 12.3 Å². The molecule has 0 radical (unpaired) electrons. The third kappa shape index (κ3) is 10.0. The molecule has 0 bridgehead atoms. The topological polar surface area (TPSA) is 122 Å². The van der Waals surface area contributed by atoms with Gasteiger partial charge in [0.15, 0.2) is 0 Å². The summed E-state index contributed by atoms with van der Waals surface area (Å²) in [7, 11) is 0.